The van der Waals surface area contributed by atoms with E-state index in [9.17, 15) is 14.4 Å². The maximum absolute atomic E-state index is 12.9. The van der Waals surface area contributed by atoms with Crippen molar-refractivity contribution in [3.63, 3.8) is 0 Å². The van der Waals surface area contributed by atoms with Crippen molar-refractivity contribution in [3.05, 3.63) is 71.4 Å². The van der Waals surface area contributed by atoms with E-state index in [4.69, 9.17) is 14.7 Å². The van der Waals surface area contributed by atoms with Gasteiger partial charge in [-0.3, -0.25) is 19.8 Å². The fourth-order valence-electron chi connectivity index (χ4n) is 4.42. The number of hydroxylamine groups is 1. The van der Waals surface area contributed by atoms with Crippen LogP contribution in [0.1, 0.15) is 28.0 Å². The Balaban J connectivity index is 1.42. The van der Waals surface area contributed by atoms with Crippen molar-refractivity contribution in [2.45, 2.75) is 26.0 Å². The highest BCUT2D eigenvalue weighted by Gasteiger charge is 2.37. The Morgan fingerprint density at radius 2 is 1.89 bits per heavy atom. The Labute approximate surface area is 208 Å². The lowest BCUT2D eigenvalue weighted by molar-refractivity contribution is -0.135. The van der Waals surface area contributed by atoms with E-state index in [1.807, 2.05) is 37.3 Å². The normalized spacial score (nSPS) is 17.4. The minimum atomic E-state index is -0.698. The van der Waals surface area contributed by atoms with Crippen molar-refractivity contribution < 1.29 is 29.1 Å². The maximum atomic E-state index is 12.9. The molecule has 1 aromatic heterocycles. The number of carbonyl (C=O) groups excluding carboxylic acids is 3. The van der Waals surface area contributed by atoms with Crippen LogP contribution in [0.4, 0.5) is 4.79 Å². The van der Waals surface area contributed by atoms with E-state index in [0.29, 0.717) is 17.9 Å². The third kappa shape index (κ3) is 5.55. The first-order valence-electron chi connectivity index (χ1n) is 11.6. The van der Waals surface area contributed by atoms with Gasteiger partial charge in [-0.05, 0) is 49.7 Å². The monoisotopic (exact) mass is 492 g/mol. The van der Waals surface area contributed by atoms with Crippen LogP contribution in [-0.4, -0.2) is 59.2 Å². The van der Waals surface area contributed by atoms with Crippen LogP contribution in [0.5, 0.6) is 5.75 Å². The highest BCUT2D eigenvalue weighted by Crippen LogP contribution is 2.22. The fourth-order valence-corrected chi connectivity index (χ4v) is 4.42. The van der Waals surface area contributed by atoms with Crippen LogP contribution in [0.2, 0.25) is 0 Å². The number of para-hydroxylation sites is 1. The third-order valence-corrected chi connectivity index (χ3v) is 6.25. The van der Waals surface area contributed by atoms with Gasteiger partial charge in [0.25, 0.3) is 5.91 Å². The highest BCUT2D eigenvalue weighted by atomic mass is 16.5. The molecule has 1 fully saturated rings. The molecule has 2 heterocycles. The van der Waals surface area contributed by atoms with Crippen LogP contribution in [0.3, 0.4) is 0 Å². The summed E-state index contributed by atoms with van der Waals surface area (Å²) in [4.78, 5) is 42.9. The Hall–Kier alpha value is -4.18. The van der Waals surface area contributed by atoms with E-state index in [0.717, 1.165) is 22.2 Å². The van der Waals surface area contributed by atoms with Gasteiger partial charge in [0.15, 0.2) is 0 Å². The summed E-state index contributed by atoms with van der Waals surface area (Å²) in [5.74, 6) is -1.13. The zero-order valence-electron chi connectivity index (χ0n) is 20.1. The molecule has 188 valence electrons. The topological polar surface area (TPSA) is 130 Å². The number of likely N-dealkylation sites (tertiary alicyclic amines) is 1. The first kappa shape index (κ1) is 24.9. The van der Waals surface area contributed by atoms with Gasteiger partial charge in [0.2, 0.25) is 5.91 Å². The second-order valence-corrected chi connectivity index (χ2v) is 8.62. The van der Waals surface area contributed by atoms with E-state index in [1.54, 1.807) is 29.7 Å². The molecule has 3 amide bonds. The molecule has 0 bridgehead atoms. The van der Waals surface area contributed by atoms with Gasteiger partial charge in [0, 0.05) is 35.3 Å². The van der Waals surface area contributed by atoms with E-state index in [2.05, 4.69) is 10.3 Å². The van der Waals surface area contributed by atoms with Gasteiger partial charge in [-0.2, -0.15) is 0 Å². The smallest absolute Gasteiger partial charge is 0.409 e. The number of fused-ring (bicyclic) bond motifs is 1. The van der Waals surface area contributed by atoms with Crippen molar-refractivity contribution in [3.8, 4) is 5.75 Å². The zero-order valence-corrected chi connectivity index (χ0v) is 20.1. The number of aryl methyl sites for hydroxylation is 1. The number of nitrogens with zero attached hydrogens (tertiary/aromatic N) is 2. The number of piperidine rings is 1. The van der Waals surface area contributed by atoms with Crippen LogP contribution >= 0.6 is 0 Å². The second kappa shape index (κ2) is 11.0. The second-order valence-electron chi connectivity index (χ2n) is 8.62. The predicted molar refractivity (Wildman–Crippen MR) is 131 cm³/mol. The number of carbonyl (C=O) groups is 3. The SMILES string of the molecule is COC(=O)N1CC[C@H](C(=O)NO)[C@H](NC(=O)c2ccc(OCc3cc(C)nc4ccccc34)cc2)C1. The Bertz CT molecular complexity index is 1260. The summed E-state index contributed by atoms with van der Waals surface area (Å²) in [7, 11) is 1.27. The van der Waals surface area contributed by atoms with Gasteiger partial charge in [0.1, 0.15) is 12.4 Å². The highest BCUT2D eigenvalue weighted by molar-refractivity contribution is 5.95. The summed E-state index contributed by atoms with van der Waals surface area (Å²) in [6.45, 7) is 2.64. The lowest BCUT2D eigenvalue weighted by Crippen LogP contribution is -2.57. The van der Waals surface area contributed by atoms with Crippen LogP contribution < -0.4 is 15.5 Å². The number of hydrogen-bond donors (Lipinski definition) is 3. The van der Waals surface area contributed by atoms with Crippen molar-refractivity contribution >= 4 is 28.8 Å². The Kier molecular flexibility index (Phi) is 7.65. The van der Waals surface area contributed by atoms with Crippen LogP contribution in [0, 0.1) is 12.8 Å². The van der Waals surface area contributed by atoms with Crippen molar-refractivity contribution in [2.75, 3.05) is 20.2 Å². The number of pyridine rings is 1. The van der Waals surface area contributed by atoms with E-state index in [-0.39, 0.29) is 19.5 Å². The predicted octanol–water partition coefficient (Wildman–Crippen LogP) is 2.81. The molecule has 1 aliphatic rings. The molecular formula is C26H28N4O6. The zero-order chi connectivity index (χ0) is 25.7. The van der Waals surface area contributed by atoms with Crippen LogP contribution in [0.15, 0.2) is 54.6 Å². The molecule has 2 aromatic carbocycles. The summed E-state index contributed by atoms with van der Waals surface area (Å²) >= 11 is 0. The number of amides is 3. The molecule has 1 aliphatic heterocycles. The fraction of sp³-hybridized carbons (Fsp3) is 0.308. The van der Waals surface area contributed by atoms with Gasteiger partial charge in [0.05, 0.1) is 24.6 Å². The van der Waals surface area contributed by atoms with E-state index in [1.165, 1.54) is 12.0 Å². The number of aromatic nitrogens is 1. The largest absolute Gasteiger partial charge is 0.489 e. The molecule has 36 heavy (non-hydrogen) atoms. The lowest BCUT2D eigenvalue weighted by atomic mass is 9.90. The molecule has 10 nitrogen and oxygen atoms in total. The minimum absolute atomic E-state index is 0.0804. The molecule has 0 spiro atoms. The number of benzene rings is 2. The first-order chi connectivity index (χ1) is 17.4. The van der Waals surface area contributed by atoms with Crippen LogP contribution in [0.25, 0.3) is 10.9 Å². The summed E-state index contributed by atoms with van der Waals surface area (Å²) < 4.78 is 10.7. The van der Waals surface area contributed by atoms with Crippen molar-refractivity contribution in [2.24, 2.45) is 5.92 Å². The number of ether oxygens (including phenoxy) is 2. The van der Waals surface area contributed by atoms with Crippen LogP contribution in [-0.2, 0) is 16.1 Å². The number of rotatable bonds is 6. The molecule has 1 saturated heterocycles. The average molecular weight is 493 g/mol. The summed E-state index contributed by atoms with van der Waals surface area (Å²) in [6.07, 6.45) is -0.279. The van der Waals surface area contributed by atoms with Gasteiger partial charge in [-0.25, -0.2) is 10.3 Å². The summed E-state index contributed by atoms with van der Waals surface area (Å²) in [5.41, 5.74) is 4.83. The quantitative estimate of drug-likeness (QED) is 0.356. The van der Waals surface area contributed by atoms with Crippen molar-refractivity contribution in [1.29, 1.82) is 0 Å². The first-order valence-corrected chi connectivity index (χ1v) is 11.6. The molecule has 3 aromatic rings. The van der Waals surface area contributed by atoms with Gasteiger partial charge >= 0.3 is 6.09 Å². The third-order valence-electron chi connectivity index (χ3n) is 6.25. The molecule has 0 radical (unpaired) electrons. The summed E-state index contributed by atoms with van der Waals surface area (Å²) in [5, 5.41) is 12.9. The Morgan fingerprint density at radius 1 is 1.14 bits per heavy atom. The Morgan fingerprint density at radius 3 is 2.61 bits per heavy atom. The van der Waals surface area contributed by atoms with Gasteiger partial charge in [-0.15, -0.1) is 0 Å². The molecule has 2 atom stereocenters. The molecule has 10 heteroatoms. The summed E-state index contributed by atoms with van der Waals surface area (Å²) in [6, 6.07) is 15.8. The van der Waals surface area contributed by atoms with E-state index < -0.39 is 29.9 Å². The molecular weight excluding hydrogens is 464 g/mol. The van der Waals surface area contributed by atoms with Crippen molar-refractivity contribution in [1.82, 2.24) is 20.7 Å². The molecule has 0 saturated carbocycles. The lowest BCUT2D eigenvalue weighted by Gasteiger charge is -2.37. The molecule has 4 rings (SSSR count). The average Bonchev–Trinajstić information content (AvgIpc) is 2.90. The molecule has 0 unspecified atom stereocenters. The number of nitrogens with one attached hydrogen (secondary N) is 2. The number of hydrogen-bond acceptors (Lipinski definition) is 7. The van der Waals surface area contributed by atoms with Gasteiger partial charge < -0.3 is 19.7 Å². The molecule has 3 N–H and O–H groups in total. The standard InChI is InChI=1S/C26H28N4O6/c1-16-13-18(20-5-3-4-6-22(20)27-16)15-36-19-9-7-17(8-10-19)24(31)28-23-14-30(26(33)35-2)12-11-21(23)25(32)29-34/h3-10,13,21,23,34H,11-12,14-15H2,1-2H3,(H,28,31)(H,29,32)/t21-,23+/m0/s1. The van der Waals surface area contributed by atoms with Gasteiger partial charge in [-0.1, -0.05) is 18.2 Å². The molecule has 0 aliphatic carbocycles. The number of methoxy groups -OCH3 is 1. The maximum Gasteiger partial charge on any atom is 0.409 e. The minimum Gasteiger partial charge on any atom is -0.489 e. The van der Waals surface area contributed by atoms with E-state index >= 15 is 0 Å².